The number of carboxylic acids is 1. The maximum atomic E-state index is 11.8. The Balaban J connectivity index is 1.75. The lowest BCUT2D eigenvalue weighted by Crippen LogP contribution is -2.67. The molecule has 4 unspecified atom stereocenters. The van der Waals surface area contributed by atoms with Gasteiger partial charge in [-0.05, 0) is 19.1 Å². The average Bonchev–Trinajstić information content (AvgIpc) is 2.78. The molecule has 0 aliphatic carbocycles. The third-order valence-corrected chi connectivity index (χ3v) is 5.92. The second-order valence-electron chi connectivity index (χ2n) is 8.09. The zero-order chi connectivity index (χ0) is 26.1. The Hall–Kier alpha value is -1.96. The van der Waals surface area contributed by atoms with Crippen LogP contribution in [0.15, 0.2) is 24.3 Å². The average molecular weight is 525 g/mol. The van der Waals surface area contributed by atoms with Gasteiger partial charge in [-0.15, -0.1) is 0 Å². The molecule has 198 valence electrons. The SMILES string of the molecule is Cc1ccc(O[C@@H]2OC(C(=O)O)[C@@H](O[C@H]3OC(COS(=O)(=O)O)[C@@H](O)[C@H](O)C3N)[C@H](O)C2O)cc1. The Morgan fingerprint density at radius 1 is 1.00 bits per heavy atom. The van der Waals surface area contributed by atoms with E-state index in [4.69, 9.17) is 29.2 Å². The molecule has 10 atom stereocenters. The van der Waals surface area contributed by atoms with Gasteiger partial charge in [-0.25, -0.2) is 8.98 Å². The minimum Gasteiger partial charge on any atom is -0.479 e. The molecule has 1 aromatic carbocycles. The molecule has 2 aliphatic heterocycles. The Kier molecular flexibility index (Phi) is 8.66. The summed E-state index contributed by atoms with van der Waals surface area (Å²) in [5.41, 5.74) is 6.70. The Morgan fingerprint density at radius 2 is 1.63 bits per heavy atom. The van der Waals surface area contributed by atoms with Crippen molar-refractivity contribution in [3.05, 3.63) is 29.8 Å². The molecule has 8 N–H and O–H groups in total. The van der Waals surface area contributed by atoms with Crippen LogP contribution in [-0.2, 0) is 33.6 Å². The van der Waals surface area contributed by atoms with Crippen molar-refractivity contribution in [1.82, 2.24) is 0 Å². The van der Waals surface area contributed by atoms with E-state index in [1.54, 1.807) is 24.3 Å². The van der Waals surface area contributed by atoms with Crippen LogP contribution in [0.4, 0.5) is 0 Å². The van der Waals surface area contributed by atoms with Crippen LogP contribution in [0.3, 0.4) is 0 Å². The first-order valence-corrected chi connectivity index (χ1v) is 11.7. The first-order valence-electron chi connectivity index (χ1n) is 10.3. The van der Waals surface area contributed by atoms with Crippen molar-refractivity contribution in [2.45, 2.75) is 68.3 Å². The van der Waals surface area contributed by atoms with E-state index in [-0.39, 0.29) is 5.75 Å². The molecule has 1 aromatic rings. The third-order valence-electron chi connectivity index (χ3n) is 5.48. The van der Waals surface area contributed by atoms with Gasteiger partial charge >= 0.3 is 16.4 Å². The van der Waals surface area contributed by atoms with Gasteiger partial charge in [-0.3, -0.25) is 4.55 Å². The van der Waals surface area contributed by atoms with Crippen molar-refractivity contribution >= 4 is 16.4 Å². The van der Waals surface area contributed by atoms with Crippen molar-refractivity contribution in [3.8, 4) is 5.75 Å². The molecule has 2 heterocycles. The highest BCUT2D eigenvalue weighted by molar-refractivity contribution is 7.80. The zero-order valence-electron chi connectivity index (χ0n) is 18.2. The minimum absolute atomic E-state index is 0.229. The number of hydrogen-bond donors (Lipinski definition) is 7. The number of ether oxygens (including phenoxy) is 4. The van der Waals surface area contributed by atoms with Crippen LogP contribution < -0.4 is 10.5 Å². The molecule has 0 radical (unpaired) electrons. The summed E-state index contributed by atoms with van der Waals surface area (Å²) in [6, 6.07) is 4.99. The molecule has 16 heteroatoms. The molecule has 0 saturated carbocycles. The summed E-state index contributed by atoms with van der Waals surface area (Å²) in [6.07, 6.45) is -15.9. The van der Waals surface area contributed by atoms with Crippen LogP contribution in [0.5, 0.6) is 5.75 Å². The molecule has 0 spiro atoms. The fraction of sp³-hybridized carbons (Fsp3) is 0.632. The first-order chi connectivity index (χ1) is 16.3. The standard InChI is InChI=1S/C19H27NO14S/c1-7-2-4-8(5-3-7)31-19-14(24)13(23)15(16(34-19)17(25)26)33-18-10(20)12(22)11(21)9(32-18)6-30-35(27,28)29/h2-5,9-16,18-19,21-24H,6,20H2,1H3,(H,25,26)(H,27,28,29)/t9?,10?,11-,12-,13-,14?,15+,16?,18-,19-/m1/s1. The lowest BCUT2D eigenvalue weighted by atomic mass is 9.96. The Labute approximate surface area is 199 Å². The Morgan fingerprint density at radius 3 is 2.20 bits per heavy atom. The van der Waals surface area contributed by atoms with Crippen molar-refractivity contribution in [2.24, 2.45) is 5.73 Å². The summed E-state index contributed by atoms with van der Waals surface area (Å²) >= 11 is 0. The molecule has 0 amide bonds. The van der Waals surface area contributed by atoms with E-state index in [1.807, 2.05) is 6.92 Å². The number of aliphatic carboxylic acids is 1. The summed E-state index contributed by atoms with van der Waals surface area (Å²) in [5, 5.41) is 51.0. The lowest BCUT2D eigenvalue weighted by molar-refractivity contribution is -0.329. The van der Waals surface area contributed by atoms with Crippen LogP contribution in [0, 0.1) is 6.92 Å². The highest BCUT2D eigenvalue weighted by Gasteiger charge is 2.53. The van der Waals surface area contributed by atoms with E-state index in [0.29, 0.717) is 0 Å². The van der Waals surface area contributed by atoms with Crippen LogP contribution in [-0.4, -0.2) is 112 Å². The maximum Gasteiger partial charge on any atom is 0.397 e. The summed E-state index contributed by atoms with van der Waals surface area (Å²) < 4.78 is 56.0. The highest BCUT2D eigenvalue weighted by Crippen LogP contribution is 2.30. The number of hydrogen-bond acceptors (Lipinski definition) is 13. The van der Waals surface area contributed by atoms with E-state index in [1.165, 1.54) is 0 Å². The molecule has 2 aliphatic rings. The first kappa shape index (κ1) is 27.6. The summed E-state index contributed by atoms with van der Waals surface area (Å²) in [4.78, 5) is 11.8. The van der Waals surface area contributed by atoms with Gasteiger partial charge in [0.25, 0.3) is 0 Å². The number of aliphatic hydroxyl groups excluding tert-OH is 4. The van der Waals surface area contributed by atoms with Crippen LogP contribution in [0.2, 0.25) is 0 Å². The molecule has 35 heavy (non-hydrogen) atoms. The summed E-state index contributed by atoms with van der Waals surface area (Å²) in [6.45, 7) is 0.875. The quantitative estimate of drug-likeness (QED) is 0.166. The molecule has 0 bridgehead atoms. The number of carbonyl (C=O) groups is 1. The largest absolute Gasteiger partial charge is 0.479 e. The lowest BCUT2D eigenvalue weighted by Gasteiger charge is -2.45. The van der Waals surface area contributed by atoms with E-state index in [0.717, 1.165) is 5.56 Å². The Bertz CT molecular complexity index is 974. The predicted molar refractivity (Wildman–Crippen MR) is 111 cm³/mol. The maximum absolute atomic E-state index is 11.8. The van der Waals surface area contributed by atoms with Gasteiger partial charge < -0.3 is 50.2 Å². The smallest absolute Gasteiger partial charge is 0.397 e. The van der Waals surface area contributed by atoms with E-state index in [9.17, 15) is 38.7 Å². The normalized spacial score (nSPS) is 38.1. The summed E-state index contributed by atoms with van der Waals surface area (Å²) in [5.74, 6) is -1.37. The van der Waals surface area contributed by atoms with Gasteiger partial charge in [0, 0.05) is 0 Å². The molecular formula is C19H27NO14S. The molecule has 3 rings (SSSR count). The monoisotopic (exact) mass is 525 g/mol. The van der Waals surface area contributed by atoms with Crippen molar-refractivity contribution in [1.29, 1.82) is 0 Å². The number of rotatable bonds is 8. The number of aliphatic hydroxyl groups is 4. The van der Waals surface area contributed by atoms with Gasteiger partial charge in [-0.1, -0.05) is 17.7 Å². The van der Waals surface area contributed by atoms with Gasteiger partial charge in [0.2, 0.25) is 6.29 Å². The van der Waals surface area contributed by atoms with Gasteiger partial charge in [-0.2, -0.15) is 8.42 Å². The summed E-state index contributed by atoms with van der Waals surface area (Å²) in [7, 11) is -4.92. The molecule has 15 nitrogen and oxygen atoms in total. The number of carboxylic acid groups (broad SMARTS) is 1. The number of benzene rings is 1. The topological polar surface area (TPSA) is 245 Å². The molecule has 0 aromatic heterocycles. The van der Waals surface area contributed by atoms with Gasteiger partial charge in [0.15, 0.2) is 12.4 Å². The third kappa shape index (κ3) is 6.63. The van der Waals surface area contributed by atoms with Crippen LogP contribution >= 0.6 is 0 Å². The number of aryl methyl sites for hydroxylation is 1. The predicted octanol–water partition coefficient (Wildman–Crippen LogP) is -3.12. The van der Waals surface area contributed by atoms with Gasteiger partial charge in [0.05, 0.1) is 12.6 Å². The van der Waals surface area contributed by atoms with Crippen molar-refractivity contribution < 1.29 is 66.4 Å². The second-order valence-corrected chi connectivity index (χ2v) is 9.18. The van der Waals surface area contributed by atoms with E-state index in [2.05, 4.69) is 4.18 Å². The van der Waals surface area contributed by atoms with E-state index >= 15 is 0 Å². The van der Waals surface area contributed by atoms with Crippen LogP contribution in [0.1, 0.15) is 5.56 Å². The molecular weight excluding hydrogens is 498 g/mol. The zero-order valence-corrected chi connectivity index (χ0v) is 19.0. The van der Waals surface area contributed by atoms with E-state index < -0.39 is 84.3 Å². The molecule has 2 fully saturated rings. The number of nitrogens with two attached hydrogens (primary N) is 1. The highest BCUT2D eigenvalue weighted by atomic mass is 32.3. The van der Waals surface area contributed by atoms with Crippen molar-refractivity contribution in [2.75, 3.05) is 6.61 Å². The molecule has 2 saturated heterocycles. The fourth-order valence-electron chi connectivity index (χ4n) is 3.56. The van der Waals surface area contributed by atoms with Crippen LogP contribution in [0.25, 0.3) is 0 Å². The minimum atomic E-state index is -4.92. The second kappa shape index (κ2) is 11.0. The van der Waals surface area contributed by atoms with Crippen molar-refractivity contribution in [3.63, 3.8) is 0 Å². The van der Waals surface area contributed by atoms with Gasteiger partial charge in [0.1, 0.15) is 42.4 Å². The fourth-order valence-corrected chi connectivity index (χ4v) is 3.86.